The molecule has 0 aliphatic heterocycles. The Balaban J connectivity index is 2.96. The quantitative estimate of drug-likeness (QED) is 0.812. The van der Waals surface area contributed by atoms with Crippen LogP contribution in [0, 0.1) is 0 Å². The van der Waals surface area contributed by atoms with Gasteiger partial charge in [0.25, 0.3) is 0 Å². The fraction of sp³-hybridized carbons (Fsp3) is 0.667. The van der Waals surface area contributed by atoms with Gasteiger partial charge in [-0.2, -0.15) is 5.10 Å². The van der Waals surface area contributed by atoms with Crippen molar-refractivity contribution < 1.29 is 0 Å². The van der Waals surface area contributed by atoms with Gasteiger partial charge in [0.05, 0.1) is 26.9 Å². The molecule has 0 aliphatic carbocycles. The minimum absolute atomic E-state index is 0.0807. The molecular formula is C12H21BrN4S. The maximum atomic E-state index is 5.69. The summed E-state index contributed by atoms with van der Waals surface area (Å²) in [4.78, 5) is 2.65. The minimum Gasteiger partial charge on any atom is -0.392 e. The molecule has 2 N–H and O–H groups in total. The molecule has 1 heterocycles. The molecule has 0 radical (unpaired) electrons. The van der Waals surface area contributed by atoms with E-state index in [1.807, 2.05) is 18.7 Å². The van der Waals surface area contributed by atoms with Crippen LogP contribution in [0.5, 0.6) is 0 Å². The summed E-state index contributed by atoms with van der Waals surface area (Å²) in [6, 6.07) is 0.0807. The second kappa shape index (κ2) is 6.63. The summed E-state index contributed by atoms with van der Waals surface area (Å²) in [7, 11) is 2.02. The molecule has 1 aromatic heterocycles. The highest BCUT2D eigenvalue weighted by Crippen LogP contribution is 2.23. The van der Waals surface area contributed by atoms with E-state index in [4.69, 9.17) is 18.0 Å². The van der Waals surface area contributed by atoms with E-state index in [1.165, 1.54) is 5.69 Å². The number of hydrogen-bond acceptors (Lipinski definition) is 3. The summed E-state index contributed by atoms with van der Waals surface area (Å²) in [5.41, 5.74) is 7.97. The molecule has 102 valence electrons. The van der Waals surface area contributed by atoms with Gasteiger partial charge in [-0.05, 0) is 43.2 Å². The van der Waals surface area contributed by atoms with Crippen molar-refractivity contribution in [1.82, 2.24) is 14.7 Å². The van der Waals surface area contributed by atoms with E-state index in [-0.39, 0.29) is 6.04 Å². The third kappa shape index (κ3) is 3.30. The third-order valence-electron chi connectivity index (χ3n) is 3.17. The van der Waals surface area contributed by atoms with Crippen molar-refractivity contribution in [2.45, 2.75) is 46.3 Å². The summed E-state index contributed by atoms with van der Waals surface area (Å²) in [6.07, 6.45) is 0.926. The molecule has 0 spiro atoms. The molecule has 1 aromatic rings. The highest BCUT2D eigenvalue weighted by atomic mass is 79.9. The van der Waals surface area contributed by atoms with Gasteiger partial charge in [0.15, 0.2) is 0 Å². The van der Waals surface area contributed by atoms with Crippen LogP contribution >= 0.6 is 28.1 Å². The van der Waals surface area contributed by atoms with Crippen molar-refractivity contribution in [2.75, 3.05) is 7.05 Å². The van der Waals surface area contributed by atoms with E-state index < -0.39 is 0 Å². The topological polar surface area (TPSA) is 47.1 Å². The Morgan fingerprint density at radius 3 is 2.61 bits per heavy atom. The number of aromatic nitrogens is 2. The average Bonchev–Trinajstić information content (AvgIpc) is 2.65. The van der Waals surface area contributed by atoms with Crippen molar-refractivity contribution >= 4 is 33.1 Å². The monoisotopic (exact) mass is 332 g/mol. The standard InChI is InChI=1S/C12H21BrN4S/c1-5-9-11(13)10(17(6-2)15-9)7-16(4)8(3)12(14)18/h8H,5-7H2,1-4H3,(H2,14,18). The zero-order valence-electron chi connectivity index (χ0n) is 11.4. The largest absolute Gasteiger partial charge is 0.392 e. The Morgan fingerprint density at radius 1 is 1.56 bits per heavy atom. The van der Waals surface area contributed by atoms with Crippen molar-refractivity contribution in [2.24, 2.45) is 5.73 Å². The molecule has 6 heteroatoms. The number of nitrogens with zero attached hydrogens (tertiary/aromatic N) is 3. The van der Waals surface area contributed by atoms with Gasteiger partial charge in [0.1, 0.15) is 0 Å². The zero-order valence-corrected chi connectivity index (χ0v) is 13.8. The van der Waals surface area contributed by atoms with E-state index in [0.717, 1.165) is 29.7 Å². The Kier molecular flexibility index (Phi) is 5.75. The number of thiocarbonyl (C=S) groups is 1. The Hall–Kier alpha value is -0.460. The zero-order chi connectivity index (χ0) is 13.9. The molecule has 0 aromatic carbocycles. The van der Waals surface area contributed by atoms with E-state index in [2.05, 4.69) is 39.8 Å². The minimum atomic E-state index is 0.0807. The van der Waals surface area contributed by atoms with Crippen LogP contribution in [0.1, 0.15) is 32.2 Å². The van der Waals surface area contributed by atoms with Crippen LogP contribution in [0.25, 0.3) is 0 Å². The van der Waals surface area contributed by atoms with Gasteiger partial charge in [-0.3, -0.25) is 9.58 Å². The highest BCUT2D eigenvalue weighted by molar-refractivity contribution is 9.10. The lowest BCUT2D eigenvalue weighted by Gasteiger charge is -2.24. The fourth-order valence-corrected chi connectivity index (χ4v) is 2.63. The SMILES string of the molecule is CCc1nn(CC)c(CN(C)C(C)C(N)=S)c1Br. The summed E-state index contributed by atoms with van der Waals surface area (Å²) in [5, 5.41) is 4.58. The molecule has 0 aliphatic rings. The summed E-state index contributed by atoms with van der Waals surface area (Å²) < 4.78 is 3.14. The number of halogens is 1. The van der Waals surface area contributed by atoms with Gasteiger partial charge in [-0.25, -0.2) is 0 Å². The maximum Gasteiger partial charge on any atom is 0.0899 e. The summed E-state index contributed by atoms with van der Waals surface area (Å²) >= 11 is 8.68. The van der Waals surface area contributed by atoms with E-state index in [0.29, 0.717) is 4.99 Å². The number of rotatable bonds is 6. The number of aryl methyl sites for hydroxylation is 2. The molecule has 0 fully saturated rings. The lowest BCUT2D eigenvalue weighted by Crippen LogP contribution is -2.39. The van der Waals surface area contributed by atoms with Crippen LogP contribution in [-0.4, -0.2) is 32.8 Å². The van der Waals surface area contributed by atoms with Crippen LogP contribution < -0.4 is 5.73 Å². The Morgan fingerprint density at radius 2 is 2.17 bits per heavy atom. The van der Waals surface area contributed by atoms with Crippen LogP contribution in [0.2, 0.25) is 0 Å². The molecule has 1 rings (SSSR count). The molecule has 0 saturated heterocycles. The van der Waals surface area contributed by atoms with Gasteiger partial charge in [-0.1, -0.05) is 19.1 Å². The predicted octanol–water partition coefficient (Wildman–Crippen LogP) is 2.33. The fourth-order valence-electron chi connectivity index (χ4n) is 1.76. The summed E-state index contributed by atoms with van der Waals surface area (Å²) in [6.45, 7) is 7.87. The number of likely N-dealkylation sites (N-methyl/N-ethyl adjacent to an activating group) is 1. The normalized spacial score (nSPS) is 13.0. The average molecular weight is 333 g/mol. The molecule has 1 unspecified atom stereocenters. The first kappa shape index (κ1) is 15.6. The lowest BCUT2D eigenvalue weighted by atomic mass is 10.2. The number of hydrogen-bond donors (Lipinski definition) is 1. The van der Waals surface area contributed by atoms with Crippen LogP contribution in [0.4, 0.5) is 0 Å². The van der Waals surface area contributed by atoms with Crippen LogP contribution in [-0.2, 0) is 19.5 Å². The second-order valence-electron chi connectivity index (χ2n) is 4.37. The van der Waals surface area contributed by atoms with E-state index in [1.54, 1.807) is 0 Å². The first-order valence-corrected chi connectivity index (χ1v) is 7.36. The molecule has 0 saturated carbocycles. The van der Waals surface area contributed by atoms with Crippen molar-refractivity contribution in [3.8, 4) is 0 Å². The Bertz CT molecular complexity index is 430. The van der Waals surface area contributed by atoms with Gasteiger partial charge in [-0.15, -0.1) is 0 Å². The highest BCUT2D eigenvalue weighted by Gasteiger charge is 2.18. The van der Waals surface area contributed by atoms with E-state index in [9.17, 15) is 0 Å². The van der Waals surface area contributed by atoms with Gasteiger partial charge in [0.2, 0.25) is 0 Å². The second-order valence-corrected chi connectivity index (χ2v) is 5.63. The lowest BCUT2D eigenvalue weighted by molar-refractivity contribution is 0.293. The molecule has 18 heavy (non-hydrogen) atoms. The first-order valence-electron chi connectivity index (χ1n) is 6.15. The number of nitrogens with two attached hydrogens (primary N) is 1. The van der Waals surface area contributed by atoms with E-state index >= 15 is 0 Å². The van der Waals surface area contributed by atoms with Crippen molar-refractivity contribution in [3.63, 3.8) is 0 Å². The molecule has 1 atom stereocenters. The Labute approximate surface area is 123 Å². The van der Waals surface area contributed by atoms with Crippen LogP contribution in [0.3, 0.4) is 0 Å². The summed E-state index contributed by atoms with van der Waals surface area (Å²) in [5.74, 6) is 0. The smallest absolute Gasteiger partial charge is 0.0899 e. The third-order valence-corrected chi connectivity index (χ3v) is 4.42. The van der Waals surface area contributed by atoms with Gasteiger partial charge >= 0.3 is 0 Å². The van der Waals surface area contributed by atoms with Gasteiger partial charge < -0.3 is 5.73 Å². The van der Waals surface area contributed by atoms with Crippen molar-refractivity contribution in [3.05, 3.63) is 15.9 Å². The molecule has 0 bridgehead atoms. The molecule has 0 amide bonds. The van der Waals surface area contributed by atoms with Gasteiger partial charge in [0, 0.05) is 13.1 Å². The predicted molar refractivity (Wildman–Crippen MR) is 82.7 cm³/mol. The maximum absolute atomic E-state index is 5.69. The molecular weight excluding hydrogens is 312 g/mol. The molecule has 4 nitrogen and oxygen atoms in total. The van der Waals surface area contributed by atoms with Crippen LogP contribution in [0.15, 0.2) is 4.47 Å². The first-order chi connectivity index (χ1) is 8.42. The van der Waals surface area contributed by atoms with Crippen molar-refractivity contribution in [1.29, 1.82) is 0 Å².